The Hall–Kier alpha value is -2.84. The Balaban J connectivity index is 1.49. The summed E-state index contributed by atoms with van der Waals surface area (Å²) in [5.74, 6) is 3.26. The maximum absolute atomic E-state index is 5.31. The van der Waals surface area contributed by atoms with Crippen molar-refractivity contribution in [3.8, 4) is 33.5 Å². The SMILES string of the molecule is CCn1c(SCc2csc(-c3cccc(OC)c3)n2)nnc1-c1ccc(OC)cc1. The smallest absolute Gasteiger partial charge is 0.191 e. The first-order valence-electron chi connectivity index (χ1n) is 9.51. The van der Waals surface area contributed by atoms with Gasteiger partial charge in [0.2, 0.25) is 0 Å². The fourth-order valence-corrected chi connectivity index (χ4v) is 4.85. The molecule has 2 heterocycles. The normalized spacial score (nSPS) is 10.9. The number of methoxy groups -OCH3 is 2. The molecular formula is C22H22N4O2S2. The maximum Gasteiger partial charge on any atom is 0.191 e. The Bertz CT molecular complexity index is 1120. The van der Waals surface area contributed by atoms with E-state index in [1.165, 1.54) is 0 Å². The van der Waals surface area contributed by atoms with Crippen LogP contribution in [-0.2, 0) is 12.3 Å². The summed E-state index contributed by atoms with van der Waals surface area (Å²) in [6.07, 6.45) is 0. The van der Waals surface area contributed by atoms with Crippen LogP contribution in [0.3, 0.4) is 0 Å². The van der Waals surface area contributed by atoms with Crippen molar-refractivity contribution in [1.29, 1.82) is 0 Å². The summed E-state index contributed by atoms with van der Waals surface area (Å²) in [5.41, 5.74) is 3.11. The third-order valence-corrected chi connectivity index (χ3v) is 6.54. The Kier molecular flexibility index (Phi) is 6.35. The molecule has 0 saturated heterocycles. The molecule has 0 aliphatic rings. The van der Waals surface area contributed by atoms with Crippen molar-refractivity contribution < 1.29 is 9.47 Å². The zero-order chi connectivity index (χ0) is 20.9. The average molecular weight is 439 g/mol. The maximum atomic E-state index is 5.31. The van der Waals surface area contributed by atoms with Crippen LogP contribution < -0.4 is 9.47 Å². The lowest BCUT2D eigenvalue weighted by Crippen LogP contribution is -2.00. The summed E-state index contributed by atoms with van der Waals surface area (Å²) in [5, 5.41) is 12.8. The number of aromatic nitrogens is 4. The van der Waals surface area contributed by atoms with Gasteiger partial charge in [0.15, 0.2) is 11.0 Å². The highest BCUT2D eigenvalue weighted by Crippen LogP contribution is 2.31. The van der Waals surface area contributed by atoms with Crippen molar-refractivity contribution in [2.45, 2.75) is 24.4 Å². The molecule has 0 saturated carbocycles. The monoisotopic (exact) mass is 438 g/mol. The molecule has 0 amide bonds. The predicted octanol–water partition coefficient (Wildman–Crippen LogP) is 5.40. The molecule has 2 aromatic carbocycles. The number of rotatable bonds is 8. The van der Waals surface area contributed by atoms with Crippen molar-refractivity contribution in [1.82, 2.24) is 19.7 Å². The zero-order valence-electron chi connectivity index (χ0n) is 17.0. The lowest BCUT2D eigenvalue weighted by Gasteiger charge is -2.07. The van der Waals surface area contributed by atoms with Gasteiger partial charge in [-0.05, 0) is 43.3 Å². The summed E-state index contributed by atoms with van der Waals surface area (Å²) >= 11 is 3.29. The van der Waals surface area contributed by atoms with Crippen LogP contribution in [-0.4, -0.2) is 34.0 Å². The number of hydrogen-bond acceptors (Lipinski definition) is 7. The van der Waals surface area contributed by atoms with Crippen LogP contribution in [0.2, 0.25) is 0 Å². The van der Waals surface area contributed by atoms with Crippen LogP contribution in [0, 0.1) is 0 Å². The summed E-state index contributed by atoms with van der Waals surface area (Å²) < 4.78 is 12.7. The molecular weight excluding hydrogens is 416 g/mol. The van der Waals surface area contributed by atoms with Crippen molar-refractivity contribution in [2.24, 2.45) is 0 Å². The van der Waals surface area contributed by atoms with Crippen LogP contribution >= 0.6 is 23.1 Å². The first-order valence-corrected chi connectivity index (χ1v) is 11.4. The van der Waals surface area contributed by atoms with E-state index in [1.807, 2.05) is 48.5 Å². The molecule has 0 aliphatic heterocycles. The van der Waals surface area contributed by atoms with Gasteiger partial charge in [-0.2, -0.15) is 0 Å². The van der Waals surface area contributed by atoms with Gasteiger partial charge in [0, 0.05) is 28.8 Å². The first-order chi connectivity index (χ1) is 14.7. The molecule has 4 aromatic rings. The van der Waals surface area contributed by atoms with Gasteiger partial charge in [-0.25, -0.2) is 4.98 Å². The molecule has 0 fully saturated rings. The Morgan fingerprint density at radius 1 is 0.967 bits per heavy atom. The van der Waals surface area contributed by atoms with Crippen LogP contribution in [0.15, 0.2) is 59.1 Å². The molecule has 0 N–H and O–H groups in total. The fraction of sp³-hybridized carbons (Fsp3) is 0.227. The second-order valence-electron chi connectivity index (χ2n) is 6.44. The molecule has 0 unspecified atom stereocenters. The Morgan fingerprint density at radius 3 is 2.50 bits per heavy atom. The van der Waals surface area contributed by atoms with Gasteiger partial charge in [-0.1, -0.05) is 23.9 Å². The minimum Gasteiger partial charge on any atom is -0.497 e. The van der Waals surface area contributed by atoms with Crippen LogP contribution in [0.25, 0.3) is 22.0 Å². The van der Waals surface area contributed by atoms with Gasteiger partial charge in [-0.3, -0.25) is 0 Å². The Labute approximate surface area is 183 Å². The molecule has 2 aromatic heterocycles. The number of thioether (sulfide) groups is 1. The lowest BCUT2D eigenvalue weighted by atomic mass is 10.2. The molecule has 0 aliphatic carbocycles. The summed E-state index contributed by atoms with van der Waals surface area (Å²) in [6.45, 7) is 2.90. The van der Waals surface area contributed by atoms with E-state index in [4.69, 9.17) is 14.5 Å². The highest BCUT2D eigenvalue weighted by Gasteiger charge is 2.14. The molecule has 154 valence electrons. The van der Waals surface area contributed by atoms with E-state index in [1.54, 1.807) is 37.3 Å². The molecule has 0 spiro atoms. The van der Waals surface area contributed by atoms with Gasteiger partial charge in [-0.15, -0.1) is 21.5 Å². The Morgan fingerprint density at radius 2 is 1.77 bits per heavy atom. The van der Waals surface area contributed by atoms with Gasteiger partial charge in [0.25, 0.3) is 0 Å². The third-order valence-electron chi connectivity index (χ3n) is 4.60. The number of hydrogen-bond donors (Lipinski definition) is 0. The first kappa shape index (κ1) is 20.4. The zero-order valence-corrected chi connectivity index (χ0v) is 18.7. The van der Waals surface area contributed by atoms with Gasteiger partial charge >= 0.3 is 0 Å². The van der Waals surface area contributed by atoms with E-state index in [0.29, 0.717) is 0 Å². The second kappa shape index (κ2) is 9.32. The third kappa shape index (κ3) is 4.34. The van der Waals surface area contributed by atoms with Crippen LogP contribution in [0.5, 0.6) is 11.5 Å². The fourth-order valence-electron chi connectivity index (χ4n) is 3.03. The van der Waals surface area contributed by atoms with Gasteiger partial charge in [0.05, 0.1) is 19.9 Å². The molecule has 30 heavy (non-hydrogen) atoms. The summed E-state index contributed by atoms with van der Waals surface area (Å²) in [4.78, 5) is 4.78. The quantitative estimate of drug-likeness (QED) is 0.343. The van der Waals surface area contributed by atoms with Crippen molar-refractivity contribution >= 4 is 23.1 Å². The van der Waals surface area contributed by atoms with E-state index in [2.05, 4.69) is 27.1 Å². The molecule has 0 atom stereocenters. The van der Waals surface area contributed by atoms with Crippen molar-refractivity contribution in [2.75, 3.05) is 14.2 Å². The van der Waals surface area contributed by atoms with E-state index < -0.39 is 0 Å². The molecule has 4 rings (SSSR count). The van der Waals surface area contributed by atoms with Crippen molar-refractivity contribution in [3.63, 3.8) is 0 Å². The summed E-state index contributed by atoms with van der Waals surface area (Å²) in [6, 6.07) is 15.9. The molecule has 0 radical (unpaired) electrons. The number of thiazole rings is 1. The largest absolute Gasteiger partial charge is 0.497 e. The van der Waals surface area contributed by atoms with Crippen molar-refractivity contribution in [3.05, 3.63) is 59.6 Å². The van der Waals surface area contributed by atoms with E-state index >= 15 is 0 Å². The van der Waals surface area contributed by atoms with Gasteiger partial charge < -0.3 is 14.0 Å². The second-order valence-corrected chi connectivity index (χ2v) is 8.24. The van der Waals surface area contributed by atoms with Crippen LogP contribution in [0.4, 0.5) is 0 Å². The van der Waals surface area contributed by atoms with Crippen LogP contribution in [0.1, 0.15) is 12.6 Å². The lowest BCUT2D eigenvalue weighted by molar-refractivity contribution is 0.415. The van der Waals surface area contributed by atoms with E-state index in [-0.39, 0.29) is 0 Å². The number of nitrogens with zero attached hydrogens (tertiary/aromatic N) is 4. The molecule has 6 nitrogen and oxygen atoms in total. The number of benzene rings is 2. The minimum absolute atomic E-state index is 0.737. The topological polar surface area (TPSA) is 62.1 Å². The highest BCUT2D eigenvalue weighted by atomic mass is 32.2. The van der Waals surface area contributed by atoms with E-state index in [0.717, 1.165) is 56.6 Å². The highest BCUT2D eigenvalue weighted by molar-refractivity contribution is 7.98. The number of ether oxygens (including phenoxy) is 2. The minimum atomic E-state index is 0.737. The summed E-state index contributed by atoms with van der Waals surface area (Å²) in [7, 11) is 3.34. The molecule has 0 bridgehead atoms. The predicted molar refractivity (Wildman–Crippen MR) is 121 cm³/mol. The molecule has 8 heteroatoms. The van der Waals surface area contributed by atoms with E-state index in [9.17, 15) is 0 Å². The van der Waals surface area contributed by atoms with Gasteiger partial charge in [0.1, 0.15) is 16.5 Å². The average Bonchev–Trinajstić information content (AvgIpc) is 3.44. The standard InChI is InChI=1S/C22H22N4O2S2/c1-4-26-20(15-8-10-18(27-2)11-9-15)24-25-22(26)30-14-17-13-29-21(23-17)16-6-5-7-19(12-16)28-3/h5-13H,4,14H2,1-3H3.